The van der Waals surface area contributed by atoms with E-state index >= 15 is 0 Å². The van der Waals surface area contributed by atoms with Crippen LogP contribution in [-0.4, -0.2) is 51.7 Å². The molecule has 1 saturated heterocycles. The van der Waals surface area contributed by atoms with E-state index in [0.29, 0.717) is 12.2 Å². The van der Waals surface area contributed by atoms with Gasteiger partial charge in [0.25, 0.3) is 10.0 Å². The van der Waals surface area contributed by atoms with Gasteiger partial charge in [-0.25, -0.2) is 17.8 Å². The molecule has 1 aromatic carbocycles. The van der Waals surface area contributed by atoms with E-state index in [0.717, 1.165) is 69.1 Å². The highest BCUT2D eigenvalue weighted by atomic mass is 32.2. The molecule has 32 heavy (non-hydrogen) atoms. The van der Waals surface area contributed by atoms with Crippen LogP contribution >= 0.6 is 0 Å². The first kappa shape index (κ1) is 22.9. The number of anilines is 1. The van der Waals surface area contributed by atoms with E-state index in [1.54, 1.807) is 6.07 Å². The van der Waals surface area contributed by atoms with Gasteiger partial charge in [-0.1, -0.05) is 13.0 Å². The minimum Gasteiger partial charge on any atom is -0.479 e. The zero-order valence-electron chi connectivity index (χ0n) is 18.6. The first-order valence-electron chi connectivity index (χ1n) is 11.1. The average molecular weight is 464 g/mol. The van der Waals surface area contributed by atoms with Crippen LogP contribution in [0.25, 0.3) is 0 Å². The number of methoxy groups -OCH3 is 1. The Hall–Kier alpha value is -2.23. The Labute approximate surface area is 189 Å². The van der Waals surface area contributed by atoms with Gasteiger partial charge in [0.1, 0.15) is 11.5 Å². The minimum absolute atomic E-state index is 0.149. The van der Waals surface area contributed by atoms with Gasteiger partial charge in [0.2, 0.25) is 5.88 Å². The molecule has 2 aliphatic rings. The molecule has 0 saturated carbocycles. The van der Waals surface area contributed by atoms with Gasteiger partial charge in [0.05, 0.1) is 18.1 Å². The summed E-state index contributed by atoms with van der Waals surface area (Å²) in [6.07, 6.45) is 3.88. The maximum Gasteiger partial charge on any atom is 0.262 e. The topological polar surface area (TPSA) is 80.8 Å². The Morgan fingerprint density at radius 3 is 2.75 bits per heavy atom. The molecule has 1 unspecified atom stereocenters. The molecule has 174 valence electrons. The molecule has 0 bridgehead atoms. The molecule has 1 N–H and O–H groups in total. The average Bonchev–Trinajstić information content (AvgIpc) is 3.00. The van der Waals surface area contributed by atoms with Crippen LogP contribution < -0.4 is 9.46 Å². The molecule has 0 aliphatic carbocycles. The first-order chi connectivity index (χ1) is 15.4. The number of nitrogens with zero attached hydrogens (tertiary/aromatic N) is 2. The maximum atomic E-state index is 14.8. The zero-order valence-corrected chi connectivity index (χ0v) is 19.4. The van der Waals surface area contributed by atoms with Crippen molar-refractivity contribution in [3.05, 3.63) is 46.9 Å². The lowest BCUT2D eigenvalue weighted by Gasteiger charge is -2.23. The maximum absolute atomic E-state index is 14.8. The molecule has 1 atom stereocenters. The number of ether oxygens (including phenoxy) is 2. The fourth-order valence-corrected chi connectivity index (χ4v) is 5.39. The van der Waals surface area contributed by atoms with Crippen molar-refractivity contribution >= 4 is 15.7 Å². The second kappa shape index (κ2) is 9.72. The van der Waals surface area contributed by atoms with Gasteiger partial charge in [0.15, 0.2) is 0 Å². The highest BCUT2D eigenvalue weighted by Crippen LogP contribution is 2.32. The van der Waals surface area contributed by atoms with E-state index in [2.05, 4.69) is 21.5 Å². The summed E-state index contributed by atoms with van der Waals surface area (Å²) in [7, 11) is -2.57. The molecule has 2 aromatic rings. The number of hydrogen-bond donors (Lipinski definition) is 1. The smallest absolute Gasteiger partial charge is 0.262 e. The Morgan fingerprint density at radius 1 is 1.25 bits per heavy atom. The number of nitrogens with one attached hydrogen (secondary N) is 1. The van der Waals surface area contributed by atoms with Gasteiger partial charge >= 0.3 is 0 Å². The number of benzene rings is 1. The van der Waals surface area contributed by atoms with E-state index in [-0.39, 0.29) is 22.6 Å². The Morgan fingerprint density at radius 2 is 2.06 bits per heavy atom. The van der Waals surface area contributed by atoms with Crippen LogP contribution in [0.1, 0.15) is 49.1 Å². The molecule has 0 radical (unpaired) electrons. The van der Waals surface area contributed by atoms with E-state index in [1.165, 1.54) is 19.2 Å². The fourth-order valence-electron chi connectivity index (χ4n) is 4.33. The largest absolute Gasteiger partial charge is 0.479 e. The van der Waals surface area contributed by atoms with E-state index in [1.807, 2.05) is 0 Å². The van der Waals surface area contributed by atoms with Crippen molar-refractivity contribution in [2.75, 3.05) is 38.1 Å². The molecule has 4 rings (SSSR count). The van der Waals surface area contributed by atoms with E-state index in [4.69, 9.17) is 9.47 Å². The number of pyridine rings is 1. The van der Waals surface area contributed by atoms with Crippen molar-refractivity contribution in [2.45, 2.75) is 50.0 Å². The van der Waals surface area contributed by atoms with Crippen molar-refractivity contribution < 1.29 is 22.3 Å². The summed E-state index contributed by atoms with van der Waals surface area (Å²) in [5.74, 6) is -0.364. The summed E-state index contributed by atoms with van der Waals surface area (Å²) in [5, 5.41) is 0. The highest BCUT2D eigenvalue weighted by molar-refractivity contribution is 7.92. The summed E-state index contributed by atoms with van der Waals surface area (Å²) in [4.78, 5) is 6.75. The van der Waals surface area contributed by atoms with Gasteiger partial charge in [0, 0.05) is 37.4 Å². The standard InChI is InChI=1S/C23H30FN3O4S/c1-3-27-11-9-16-14-21(23(30-2)25-20(16)10-12-27)26-32(28,29)17-7-8-18(19(24)15-17)22-6-4-5-13-31-22/h7-8,14-15,22,26H,3-6,9-13H2,1-2H3. The van der Waals surface area contributed by atoms with Crippen LogP contribution in [0.4, 0.5) is 10.1 Å². The predicted molar refractivity (Wildman–Crippen MR) is 120 cm³/mol. The van der Waals surface area contributed by atoms with Crippen LogP contribution in [0.2, 0.25) is 0 Å². The normalized spacial score (nSPS) is 19.8. The van der Waals surface area contributed by atoms with Gasteiger partial charge in [-0.05, 0) is 56.0 Å². The number of fused-ring (bicyclic) bond motifs is 1. The molecule has 1 fully saturated rings. The third-order valence-electron chi connectivity index (χ3n) is 6.21. The molecular formula is C23H30FN3O4S. The van der Waals surface area contributed by atoms with Crippen LogP contribution in [-0.2, 0) is 27.6 Å². The molecule has 7 nitrogen and oxygen atoms in total. The number of hydrogen-bond acceptors (Lipinski definition) is 6. The number of halogens is 1. The second-order valence-corrected chi connectivity index (χ2v) is 9.91. The zero-order chi connectivity index (χ0) is 22.7. The lowest BCUT2D eigenvalue weighted by atomic mass is 10.0. The van der Waals surface area contributed by atoms with Crippen LogP contribution in [0, 0.1) is 5.82 Å². The van der Waals surface area contributed by atoms with E-state index < -0.39 is 15.8 Å². The minimum atomic E-state index is -4.03. The molecular weight excluding hydrogens is 433 g/mol. The molecule has 9 heteroatoms. The summed E-state index contributed by atoms with van der Waals surface area (Å²) < 4.78 is 54.4. The van der Waals surface area contributed by atoms with Crippen molar-refractivity contribution in [3.63, 3.8) is 0 Å². The quantitative estimate of drug-likeness (QED) is 0.704. The van der Waals surface area contributed by atoms with Crippen molar-refractivity contribution in [1.82, 2.24) is 9.88 Å². The monoisotopic (exact) mass is 463 g/mol. The Bertz CT molecular complexity index is 1070. The molecule has 2 aliphatic heterocycles. The van der Waals surface area contributed by atoms with Crippen LogP contribution in [0.5, 0.6) is 5.88 Å². The SMILES string of the molecule is CCN1CCc2cc(NS(=O)(=O)c3ccc(C4CCCCO4)c(F)c3)c(OC)nc2CC1. The second-order valence-electron chi connectivity index (χ2n) is 8.23. The Balaban J connectivity index is 1.59. The third kappa shape index (κ3) is 4.89. The summed E-state index contributed by atoms with van der Waals surface area (Å²) in [6.45, 7) is 5.46. The Kier molecular flexibility index (Phi) is 6.97. The summed E-state index contributed by atoms with van der Waals surface area (Å²) in [5.41, 5.74) is 2.57. The van der Waals surface area contributed by atoms with Gasteiger partial charge in [-0.3, -0.25) is 4.72 Å². The van der Waals surface area contributed by atoms with Crippen molar-refractivity contribution in [3.8, 4) is 5.88 Å². The van der Waals surface area contributed by atoms with Gasteiger partial charge in [-0.2, -0.15) is 0 Å². The van der Waals surface area contributed by atoms with Crippen molar-refractivity contribution in [1.29, 1.82) is 0 Å². The molecule has 0 spiro atoms. The first-order valence-corrected chi connectivity index (χ1v) is 12.6. The van der Waals surface area contributed by atoms with Crippen molar-refractivity contribution in [2.24, 2.45) is 0 Å². The number of rotatable bonds is 6. The fraction of sp³-hybridized carbons (Fsp3) is 0.522. The molecule has 3 heterocycles. The lowest BCUT2D eigenvalue weighted by Crippen LogP contribution is -2.25. The number of likely N-dealkylation sites (N-methyl/N-ethyl adjacent to an activating group) is 1. The van der Waals surface area contributed by atoms with Gasteiger partial charge < -0.3 is 14.4 Å². The highest BCUT2D eigenvalue weighted by Gasteiger charge is 2.25. The molecule has 0 amide bonds. The van der Waals surface area contributed by atoms with E-state index in [9.17, 15) is 12.8 Å². The van der Waals surface area contributed by atoms with Gasteiger partial charge in [-0.15, -0.1) is 0 Å². The number of sulfonamides is 1. The van der Waals surface area contributed by atoms with Crippen LogP contribution in [0.15, 0.2) is 29.2 Å². The molecule has 1 aromatic heterocycles. The number of aromatic nitrogens is 1. The lowest BCUT2D eigenvalue weighted by molar-refractivity contribution is 0.0128. The predicted octanol–water partition coefficient (Wildman–Crippen LogP) is 3.69. The van der Waals surface area contributed by atoms with Crippen LogP contribution in [0.3, 0.4) is 0 Å². The summed E-state index contributed by atoms with van der Waals surface area (Å²) >= 11 is 0. The summed E-state index contributed by atoms with van der Waals surface area (Å²) in [6, 6.07) is 5.77. The third-order valence-corrected chi connectivity index (χ3v) is 7.58.